The Bertz CT molecular complexity index is 171. The number of rotatable bonds is 5. The second-order valence-corrected chi connectivity index (χ2v) is 5.14. The molecule has 1 heterocycles. The molecule has 2 N–H and O–H groups in total. The van der Waals surface area contributed by atoms with E-state index >= 15 is 0 Å². The van der Waals surface area contributed by atoms with E-state index in [9.17, 15) is 5.11 Å². The maximum atomic E-state index is 9.21. The van der Waals surface area contributed by atoms with Crippen LogP contribution in [0.15, 0.2) is 0 Å². The SMILES string of the molecule is CNCC(C)(C)CN1CCCC1CO. The van der Waals surface area contributed by atoms with E-state index in [1.165, 1.54) is 6.42 Å². The molecule has 0 aromatic carbocycles. The molecule has 1 atom stereocenters. The fourth-order valence-corrected chi connectivity index (χ4v) is 2.39. The Labute approximate surface area is 87.5 Å². The highest BCUT2D eigenvalue weighted by molar-refractivity contribution is 4.84. The van der Waals surface area contributed by atoms with E-state index < -0.39 is 0 Å². The summed E-state index contributed by atoms with van der Waals surface area (Å²) in [6, 6.07) is 0.408. The van der Waals surface area contributed by atoms with Gasteiger partial charge in [0.15, 0.2) is 0 Å². The van der Waals surface area contributed by atoms with Gasteiger partial charge in [-0.25, -0.2) is 0 Å². The molecule has 0 radical (unpaired) electrons. The highest BCUT2D eigenvalue weighted by Crippen LogP contribution is 2.23. The Morgan fingerprint density at radius 3 is 2.79 bits per heavy atom. The van der Waals surface area contributed by atoms with Crippen molar-refractivity contribution < 1.29 is 5.11 Å². The topological polar surface area (TPSA) is 35.5 Å². The first-order valence-electron chi connectivity index (χ1n) is 5.58. The molecule has 0 aromatic heterocycles. The molecule has 1 rings (SSSR count). The maximum Gasteiger partial charge on any atom is 0.0586 e. The Balaban J connectivity index is 2.42. The summed E-state index contributed by atoms with van der Waals surface area (Å²) < 4.78 is 0. The van der Waals surface area contributed by atoms with Crippen molar-refractivity contribution in [2.24, 2.45) is 5.41 Å². The normalized spacial score (nSPS) is 24.4. The summed E-state index contributed by atoms with van der Waals surface area (Å²) in [6.07, 6.45) is 2.40. The molecule has 0 bridgehead atoms. The van der Waals surface area contributed by atoms with Gasteiger partial charge in [-0.05, 0) is 31.8 Å². The van der Waals surface area contributed by atoms with E-state index in [0.717, 1.165) is 26.1 Å². The summed E-state index contributed by atoms with van der Waals surface area (Å²) >= 11 is 0. The lowest BCUT2D eigenvalue weighted by molar-refractivity contribution is 0.117. The van der Waals surface area contributed by atoms with Crippen LogP contribution < -0.4 is 5.32 Å². The highest BCUT2D eigenvalue weighted by atomic mass is 16.3. The van der Waals surface area contributed by atoms with Crippen molar-refractivity contribution in [1.82, 2.24) is 10.2 Å². The first-order valence-corrected chi connectivity index (χ1v) is 5.58. The molecule has 14 heavy (non-hydrogen) atoms. The van der Waals surface area contributed by atoms with Gasteiger partial charge in [-0.15, -0.1) is 0 Å². The molecule has 0 aromatic rings. The van der Waals surface area contributed by atoms with Crippen LogP contribution in [0, 0.1) is 5.41 Å². The summed E-state index contributed by atoms with van der Waals surface area (Å²) in [5.41, 5.74) is 0.298. The van der Waals surface area contributed by atoms with Crippen molar-refractivity contribution in [2.45, 2.75) is 32.7 Å². The second-order valence-electron chi connectivity index (χ2n) is 5.14. The number of nitrogens with zero attached hydrogens (tertiary/aromatic N) is 1. The number of hydrogen-bond acceptors (Lipinski definition) is 3. The second kappa shape index (κ2) is 5.10. The smallest absolute Gasteiger partial charge is 0.0586 e. The maximum absolute atomic E-state index is 9.21. The van der Waals surface area contributed by atoms with Gasteiger partial charge in [0.2, 0.25) is 0 Å². The third-order valence-corrected chi connectivity index (χ3v) is 3.00. The van der Waals surface area contributed by atoms with E-state index in [0.29, 0.717) is 18.1 Å². The Kier molecular flexibility index (Phi) is 4.35. The van der Waals surface area contributed by atoms with Crippen LogP contribution in [0.5, 0.6) is 0 Å². The van der Waals surface area contributed by atoms with Crippen molar-refractivity contribution in [3.63, 3.8) is 0 Å². The average molecular weight is 200 g/mol. The van der Waals surface area contributed by atoms with Crippen LogP contribution in [0.2, 0.25) is 0 Å². The molecule has 0 saturated carbocycles. The van der Waals surface area contributed by atoms with E-state index in [2.05, 4.69) is 24.1 Å². The Hall–Kier alpha value is -0.120. The number of hydrogen-bond donors (Lipinski definition) is 2. The van der Waals surface area contributed by atoms with Gasteiger partial charge >= 0.3 is 0 Å². The molecule has 84 valence electrons. The lowest BCUT2D eigenvalue weighted by Gasteiger charge is -2.33. The zero-order chi connectivity index (χ0) is 10.6. The van der Waals surface area contributed by atoms with E-state index in [-0.39, 0.29) is 0 Å². The Morgan fingerprint density at radius 1 is 1.50 bits per heavy atom. The van der Waals surface area contributed by atoms with Crippen LogP contribution in [-0.4, -0.2) is 49.3 Å². The van der Waals surface area contributed by atoms with Crippen molar-refractivity contribution in [2.75, 3.05) is 33.3 Å². The monoisotopic (exact) mass is 200 g/mol. The average Bonchev–Trinajstić information content (AvgIpc) is 2.50. The van der Waals surface area contributed by atoms with Crippen LogP contribution in [-0.2, 0) is 0 Å². The van der Waals surface area contributed by atoms with Gasteiger partial charge in [0.25, 0.3) is 0 Å². The van der Waals surface area contributed by atoms with Crippen LogP contribution >= 0.6 is 0 Å². The van der Waals surface area contributed by atoms with Gasteiger partial charge in [-0.3, -0.25) is 4.90 Å². The molecule has 3 nitrogen and oxygen atoms in total. The fourth-order valence-electron chi connectivity index (χ4n) is 2.39. The minimum atomic E-state index is 0.298. The highest BCUT2D eigenvalue weighted by Gasteiger charge is 2.29. The summed E-state index contributed by atoms with van der Waals surface area (Å²) in [6.45, 7) is 8.13. The minimum absolute atomic E-state index is 0.298. The molecule has 3 heteroatoms. The molecule has 1 aliphatic rings. The molecule has 1 aliphatic heterocycles. The predicted octanol–water partition coefficient (Wildman–Crippen LogP) is 0.689. The fraction of sp³-hybridized carbons (Fsp3) is 1.00. The first-order chi connectivity index (χ1) is 6.59. The molecule has 1 fully saturated rings. The largest absolute Gasteiger partial charge is 0.395 e. The van der Waals surface area contributed by atoms with Gasteiger partial charge < -0.3 is 10.4 Å². The van der Waals surface area contributed by atoms with Gasteiger partial charge in [0.05, 0.1) is 6.61 Å². The van der Waals surface area contributed by atoms with Crippen molar-refractivity contribution >= 4 is 0 Å². The number of aliphatic hydroxyl groups is 1. The van der Waals surface area contributed by atoms with Gasteiger partial charge in [-0.1, -0.05) is 13.8 Å². The third-order valence-electron chi connectivity index (χ3n) is 3.00. The lowest BCUT2D eigenvalue weighted by atomic mass is 9.92. The summed E-state index contributed by atoms with van der Waals surface area (Å²) in [4.78, 5) is 2.43. The molecular weight excluding hydrogens is 176 g/mol. The minimum Gasteiger partial charge on any atom is -0.395 e. The van der Waals surface area contributed by atoms with E-state index in [4.69, 9.17) is 0 Å². The summed E-state index contributed by atoms with van der Waals surface area (Å²) in [5.74, 6) is 0. The Morgan fingerprint density at radius 2 is 2.21 bits per heavy atom. The first kappa shape index (κ1) is 12.0. The van der Waals surface area contributed by atoms with Crippen LogP contribution in [0.4, 0.5) is 0 Å². The van der Waals surface area contributed by atoms with Crippen molar-refractivity contribution in [1.29, 1.82) is 0 Å². The molecular formula is C11H24N2O. The predicted molar refractivity (Wildman–Crippen MR) is 59.4 cm³/mol. The number of nitrogens with one attached hydrogen (secondary N) is 1. The van der Waals surface area contributed by atoms with Gasteiger partial charge in [0.1, 0.15) is 0 Å². The van der Waals surface area contributed by atoms with E-state index in [1.54, 1.807) is 0 Å². The van der Waals surface area contributed by atoms with Crippen molar-refractivity contribution in [3.05, 3.63) is 0 Å². The van der Waals surface area contributed by atoms with Gasteiger partial charge in [0, 0.05) is 19.1 Å². The number of likely N-dealkylation sites (tertiary alicyclic amines) is 1. The lowest BCUT2D eigenvalue weighted by Crippen LogP contribution is -2.43. The zero-order valence-corrected chi connectivity index (χ0v) is 9.71. The summed E-state index contributed by atoms with van der Waals surface area (Å²) in [7, 11) is 2.00. The number of aliphatic hydroxyl groups excluding tert-OH is 1. The quantitative estimate of drug-likeness (QED) is 0.685. The standard InChI is InChI=1S/C11H24N2O/c1-11(2,8-12-3)9-13-6-4-5-10(13)7-14/h10,12,14H,4-9H2,1-3H3. The summed E-state index contributed by atoms with van der Waals surface area (Å²) in [5, 5.41) is 12.4. The van der Waals surface area contributed by atoms with Crippen LogP contribution in [0.1, 0.15) is 26.7 Å². The molecule has 1 saturated heterocycles. The molecule has 0 amide bonds. The molecule has 0 spiro atoms. The zero-order valence-electron chi connectivity index (χ0n) is 9.71. The van der Waals surface area contributed by atoms with Crippen molar-refractivity contribution in [3.8, 4) is 0 Å². The molecule has 1 unspecified atom stereocenters. The van der Waals surface area contributed by atoms with Crippen LogP contribution in [0.3, 0.4) is 0 Å². The van der Waals surface area contributed by atoms with Gasteiger partial charge in [-0.2, -0.15) is 0 Å². The van der Waals surface area contributed by atoms with E-state index in [1.807, 2.05) is 7.05 Å². The van der Waals surface area contributed by atoms with Crippen LogP contribution in [0.25, 0.3) is 0 Å². The third kappa shape index (κ3) is 3.23. The molecule has 0 aliphatic carbocycles.